The molecule has 0 radical (unpaired) electrons. The molecule has 1 atom stereocenters. The summed E-state index contributed by atoms with van der Waals surface area (Å²) in [6.45, 7) is 3.19. The van der Waals surface area contributed by atoms with E-state index in [-0.39, 0.29) is 26.4 Å². The fourth-order valence-electron chi connectivity index (χ4n) is 4.56. The van der Waals surface area contributed by atoms with Crippen LogP contribution < -0.4 is 19.5 Å². The van der Waals surface area contributed by atoms with Crippen molar-refractivity contribution < 1.29 is 29.5 Å². The second-order valence-corrected chi connectivity index (χ2v) is 11.1. The van der Waals surface area contributed by atoms with Crippen molar-refractivity contribution in [2.45, 2.75) is 39.3 Å². The quantitative estimate of drug-likeness (QED) is 0.114. The third-order valence-electron chi connectivity index (χ3n) is 7.03. The van der Waals surface area contributed by atoms with Crippen molar-refractivity contribution in [2.75, 3.05) is 26.3 Å². The van der Waals surface area contributed by atoms with Crippen molar-refractivity contribution in [3.8, 4) is 34.4 Å². The van der Waals surface area contributed by atoms with Gasteiger partial charge in [-0.2, -0.15) is 5.26 Å². The van der Waals surface area contributed by atoms with Gasteiger partial charge in [0.15, 0.2) is 0 Å². The summed E-state index contributed by atoms with van der Waals surface area (Å²) < 4.78 is 18.0. The lowest BCUT2D eigenvalue weighted by Gasteiger charge is -2.17. The number of halogens is 2. The maximum atomic E-state index is 9.87. The van der Waals surface area contributed by atoms with Crippen LogP contribution in [0.3, 0.4) is 0 Å². The minimum atomic E-state index is -0.778. The van der Waals surface area contributed by atoms with Crippen molar-refractivity contribution in [3.63, 3.8) is 0 Å². The molecular formula is C34H35Cl2N3O6. The molecule has 9 nitrogen and oxygen atoms in total. The Labute approximate surface area is 272 Å². The molecule has 0 saturated heterocycles. The Morgan fingerprint density at radius 1 is 0.911 bits per heavy atom. The number of rotatable bonds is 16. The summed E-state index contributed by atoms with van der Waals surface area (Å²) in [5.74, 6) is 1.38. The van der Waals surface area contributed by atoms with E-state index in [1.54, 1.807) is 24.4 Å². The molecule has 45 heavy (non-hydrogen) atoms. The monoisotopic (exact) mass is 651 g/mol. The number of ether oxygens (including phenoxy) is 3. The number of hydrogen-bond acceptors (Lipinski definition) is 9. The van der Waals surface area contributed by atoms with Crippen molar-refractivity contribution in [1.82, 2.24) is 10.3 Å². The van der Waals surface area contributed by atoms with Crippen LogP contribution in [0.2, 0.25) is 10.0 Å². The fourth-order valence-corrected chi connectivity index (χ4v) is 5.09. The molecule has 4 rings (SSSR count). The molecule has 0 saturated carbocycles. The van der Waals surface area contributed by atoms with E-state index in [2.05, 4.69) is 16.4 Å². The fraction of sp³-hybridized carbons (Fsp3) is 0.294. The van der Waals surface area contributed by atoms with Crippen LogP contribution in [0.15, 0.2) is 67.0 Å². The summed E-state index contributed by atoms with van der Waals surface area (Å²) in [6, 6.07) is 18.6. The third-order valence-corrected chi connectivity index (χ3v) is 7.72. The lowest BCUT2D eigenvalue weighted by atomic mass is 9.96. The SMILES string of the molecule is Cc1c(COc2cc(OCc3cncc(C#N)c3)c(CO)cc2Cl)cccc1-c1cccc(OCCCNC[C@H](O)CO)c1Cl. The highest BCUT2D eigenvalue weighted by Crippen LogP contribution is 2.38. The molecule has 0 spiro atoms. The Morgan fingerprint density at radius 3 is 2.47 bits per heavy atom. The average molecular weight is 653 g/mol. The molecule has 1 heterocycles. The first-order chi connectivity index (χ1) is 21.8. The van der Waals surface area contributed by atoms with Gasteiger partial charge < -0.3 is 34.8 Å². The van der Waals surface area contributed by atoms with Crippen LogP contribution in [0.4, 0.5) is 0 Å². The van der Waals surface area contributed by atoms with Gasteiger partial charge in [0.25, 0.3) is 0 Å². The summed E-state index contributed by atoms with van der Waals surface area (Å²) in [5.41, 5.74) is 5.31. The van der Waals surface area contributed by atoms with Crippen LogP contribution in [0.1, 0.15) is 34.2 Å². The molecule has 1 aromatic heterocycles. The predicted octanol–water partition coefficient (Wildman–Crippen LogP) is 5.60. The van der Waals surface area contributed by atoms with Gasteiger partial charge in [-0.3, -0.25) is 4.98 Å². The van der Waals surface area contributed by atoms with E-state index in [4.69, 9.17) is 47.8 Å². The lowest BCUT2D eigenvalue weighted by Crippen LogP contribution is -2.30. The number of pyridine rings is 1. The molecule has 0 fully saturated rings. The number of aliphatic hydroxyl groups excluding tert-OH is 3. The maximum absolute atomic E-state index is 9.87. The first kappa shape index (κ1) is 34.0. The summed E-state index contributed by atoms with van der Waals surface area (Å²) in [5, 5.41) is 41.2. The lowest BCUT2D eigenvalue weighted by molar-refractivity contribution is 0.0942. The smallest absolute Gasteiger partial charge is 0.142 e. The first-order valence-electron chi connectivity index (χ1n) is 14.4. The Kier molecular flexibility index (Phi) is 12.8. The van der Waals surface area contributed by atoms with Crippen molar-refractivity contribution >= 4 is 23.2 Å². The van der Waals surface area contributed by atoms with E-state index in [0.717, 1.165) is 22.3 Å². The van der Waals surface area contributed by atoms with E-state index in [9.17, 15) is 10.2 Å². The van der Waals surface area contributed by atoms with E-state index < -0.39 is 6.10 Å². The maximum Gasteiger partial charge on any atom is 0.142 e. The molecule has 0 bridgehead atoms. The van der Waals surface area contributed by atoms with Crippen LogP contribution in [-0.2, 0) is 19.8 Å². The number of nitriles is 1. The number of hydrogen-bond donors (Lipinski definition) is 4. The second kappa shape index (κ2) is 17.0. The van der Waals surface area contributed by atoms with Gasteiger partial charge in [-0.25, -0.2) is 0 Å². The first-order valence-corrected chi connectivity index (χ1v) is 15.1. The molecule has 3 aromatic carbocycles. The summed E-state index contributed by atoms with van der Waals surface area (Å²) in [6.07, 6.45) is 3.01. The van der Waals surface area contributed by atoms with Gasteiger partial charge in [0.05, 0.1) is 41.5 Å². The van der Waals surface area contributed by atoms with Crippen LogP contribution in [-0.4, -0.2) is 52.7 Å². The minimum Gasteiger partial charge on any atom is -0.492 e. The average Bonchev–Trinajstić information content (AvgIpc) is 3.06. The number of benzene rings is 3. The standard InChI is InChI=1S/C34H35Cl2N3O6/c1-22-25(5-2-6-28(22)29-7-3-8-31(34(29)36)43-10-4-9-38-17-27(42)19-41)21-45-33-13-32(26(18-40)12-30(33)35)44-20-24-11-23(14-37)15-39-16-24/h2-3,5-8,11-13,15-16,27,38,40-42H,4,9-10,17-21H2,1H3/t27-/m0/s1. The van der Waals surface area contributed by atoms with Gasteiger partial charge in [0.1, 0.15) is 36.5 Å². The van der Waals surface area contributed by atoms with Gasteiger partial charge in [-0.05, 0) is 54.8 Å². The summed E-state index contributed by atoms with van der Waals surface area (Å²) in [7, 11) is 0. The highest BCUT2D eigenvalue weighted by atomic mass is 35.5. The molecule has 0 aliphatic carbocycles. The van der Waals surface area contributed by atoms with Crippen LogP contribution in [0.25, 0.3) is 11.1 Å². The van der Waals surface area contributed by atoms with E-state index in [1.807, 2.05) is 43.3 Å². The van der Waals surface area contributed by atoms with Crippen molar-refractivity contribution in [3.05, 3.63) is 105 Å². The molecular weight excluding hydrogens is 617 g/mol. The third kappa shape index (κ3) is 9.31. The molecule has 4 aromatic rings. The van der Waals surface area contributed by atoms with Crippen molar-refractivity contribution in [2.24, 2.45) is 0 Å². The zero-order chi connectivity index (χ0) is 32.2. The van der Waals surface area contributed by atoms with Gasteiger partial charge in [0, 0.05) is 41.7 Å². The number of aliphatic hydroxyl groups is 3. The van der Waals surface area contributed by atoms with Gasteiger partial charge in [-0.15, -0.1) is 0 Å². The van der Waals surface area contributed by atoms with Gasteiger partial charge in [-0.1, -0.05) is 53.5 Å². The highest BCUT2D eigenvalue weighted by molar-refractivity contribution is 6.35. The van der Waals surface area contributed by atoms with E-state index in [0.29, 0.717) is 70.1 Å². The second-order valence-electron chi connectivity index (χ2n) is 10.3. The molecule has 4 N–H and O–H groups in total. The Hall–Kier alpha value is -3.88. The van der Waals surface area contributed by atoms with Crippen LogP contribution in [0, 0.1) is 18.3 Å². The van der Waals surface area contributed by atoms with Gasteiger partial charge >= 0.3 is 0 Å². The zero-order valence-corrected chi connectivity index (χ0v) is 26.3. The molecule has 236 valence electrons. The van der Waals surface area contributed by atoms with Crippen LogP contribution in [0.5, 0.6) is 17.2 Å². The topological polar surface area (TPSA) is 137 Å². The van der Waals surface area contributed by atoms with Gasteiger partial charge in [0.2, 0.25) is 0 Å². The number of nitrogens with zero attached hydrogens (tertiary/aromatic N) is 2. The summed E-state index contributed by atoms with van der Waals surface area (Å²) in [4.78, 5) is 4.05. The largest absolute Gasteiger partial charge is 0.492 e. The predicted molar refractivity (Wildman–Crippen MR) is 173 cm³/mol. The molecule has 0 unspecified atom stereocenters. The van der Waals surface area contributed by atoms with E-state index in [1.165, 1.54) is 6.20 Å². The van der Waals surface area contributed by atoms with Crippen LogP contribution >= 0.6 is 23.2 Å². The molecule has 0 aliphatic rings. The highest BCUT2D eigenvalue weighted by Gasteiger charge is 2.16. The normalized spacial score (nSPS) is 11.6. The summed E-state index contributed by atoms with van der Waals surface area (Å²) >= 11 is 13.3. The number of nitrogens with one attached hydrogen (secondary N) is 1. The number of aromatic nitrogens is 1. The Bertz CT molecular complexity index is 1630. The molecule has 0 amide bonds. The zero-order valence-electron chi connectivity index (χ0n) is 24.8. The molecule has 11 heteroatoms. The van der Waals surface area contributed by atoms with Crippen molar-refractivity contribution in [1.29, 1.82) is 5.26 Å². The Balaban J connectivity index is 1.44. The minimum absolute atomic E-state index is 0.146. The Morgan fingerprint density at radius 2 is 1.69 bits per heavy atom. The molecule has 0 aliphatic heterocycles. The van der Waals surface area contributed by atoms with E-state index >= 15 is 0 Å².